The summed E-state index contributed by atoms with van der Waals surface area (Å²) in [4.78, 5) is 33.5. The summed E-state index contributed by atoms with van der Waals surface area (Å²) in [5, 5.41) is 2.73. The van der Waals surface area contributed by atoms with Crippen LogP contribution in [-0.2, 0) is 25.8 Å². The number of aromatic nitrogens is 1. The lowest BCUT2D eigenvalue weighted by Crippen LogP contribution is -2.40. The van der Waals surface area contributed by atoms with E-state index in [1.807, 2.05) is 35.7 Å². The number of hydrogen-bond donors (Lipinski definition) is 0. The van der Waals surface area contributed by atoms with Crippen LogP contribution in [0.1, 0.15) is 45.8 Å². The molecule has 0 bridgehead atoms. The first-order chi connectivity index (χ1) is 16.8. The van der Waals surface area contributed by atoms with Gasteiger partial charge in [0, 0.05) is 23.4 Å². The van der Waals surface area contributed by atoms with Crippen molar-refractivity contribution < 1.29 is 22.7 Å². The average Bonchev–Trinajstić information content (AvgIpc) is 3.49. The predicted octanol–water partition coefficient (Wildman–Crippen LogP) is 3.98. The molecule has 2 aliphatic rings. The molecule has 0 N–H and O–H groups in total. The van der Waals surface area contributed by atoms with Crippen molar-refractivity contribution in [2.45, 2.75) is 31.7 Å². The second kappa shape index (κ2) is 9.54. The SMILES string of the molecule is CN(C(=O)COC(=O)c1c2c(nc3ccccc13)/C(=C/c1cccs1)CCC2)C1CCS(=O)(=O)C1. The van der Waals surface area contributed by atoms with Crippen LogP contribution in [0.15, 0.2) is 41.8 Å². The maximum absolute atomic E-state index is 13.4. The Hall–Kier alpha value is -3.04. The molecule has 0 spiro atoms. The van der Waals surface area contributed by atoms with Crippen LogP contribution in [0.5, 0.6) is 0 Å². The molecule has 1 fully saturated rings. The molecule has 1 amide bonds. The van der Waals surface area contributed by atoms with Crippen LogP contribution in [0.3, 0.4) is 0 Å². The lowest BCUT2D eigenvalue weighted by atomic mass is 9.86. The average molecular weight is 511 g/mol. The van der Waals surface area contributed by atoms with Gasteiger partial charge in [-0.05, 0) is 60.4 Å². The zero-order chi connectivity index (χ0) is 24.6. The fraction of sp³-hybridized carbons (Fsp3) is 0.346. The van der Waals surface area contributed by atoms with Crippen LogP contribution in [0.2, 0.25) is 0 Å². The Labute approximate surface area is 208 Å². The Kier molecular flexibility index (Phi) is 6.46. The van der Waals surface area contributed by atoms with Gasteiger partial charge in [0.2, 0.25) is 0 Å². The fourth-order valence-corrected chi connectivity index (χ4v) is 7.30. The Bertz CT molecular complexity index is 1430. The van der Waals surface area contributed by atoms with Gasteiger partial charge in [-0.1, -0.05) is 24.3 Å². The number of benzene rings is 1. The number of likely N-dealkylation sites (N-methyl/N-ethyl adjacent to an activating group) is 1. The molecule has 1 aromatic carbocycles. The van der Waals surface area contributed by atoms with E-state index in [9.17, 15) is 18.0 Å². The number of carbonyl (C=O) groups excluding carboxylic acids is 2. The number of hydrogen-bond acceptors (Lipinski definition) is 7. The number of nitrogens with zero attached hydrogens (tertiary/aromatic N) is 2. The van der Waals surface area contributed by atoms with Gasteiger partial charge in [0.15, 0.2) is 16.4 Å². The first-order valence-electron chi connectivity index (χ1n) is 11.6. The third-order valence-electron chi connectivity index (χ3n) is 6.71. The van der Waals surface area contributed by atoms with E-state index >= 15 is 0 Å². The van der Waals surface area contributed by atoms with Gasteiger partial charge in [0.05, 0.1) is 28.3 Å². The van der Waals surface area contributed by atoms with Gasteiger partial charge in [-0.2, -0.15) is 0 Å². The fourth-order valence-electron chi connectivity index (χ4n) is 4.84. The maximum atomic E-state index is 13.4. The van der Waals surface area contributed by atoms with Crippen molar-refractivity contribution in [3.63, 3.8) is 0 Å². The number of pyridine rings is 1. The second-order valence-electron chi connectivity index (χ2n) is 9.01. The van der Waals surface area contributed by atoms with Crippen LogP contribution in [0.4, 0.5) is 0 Å². The van der Waals surface area contributed by atoms with Gasteiger partial charge in [-0.3, -0.25) is 4.79 Å². The lowest BCUT2D eigenvalue weighted by Gasteiger charge is -2.24. The van der Waals surface area contributed by atoms with E-state index < -0.39 is 28.3 Å². The topological polar surface area (TPSA) is 93.6 Å². The van der Waals surface area contributed by atoms with Crippen molar-refractivity contribution in [3.8, 4) is 0 Å². The van der Waals surface area contributed by atoms with Crippen molar-refractivity contribution in [2.24, 2.45) is 0 Å². The minimum absolute atomic E-state index is 0.0506. The van der Waals surface area contributed by atoms with Crippen LogP contribution < -0.4 is 0 Å². The van der Waals surface area contributed by atoms with Crippen molar-refractivity contribution in [3.05, 3.63) is 63.5 Å². The highest BCUT2D eigenvalue weighted by Gasteiger charge is 2.33. The molecule has 3 aromatic rings. The quantitative estimate of drug-likeness (QED) is 0.482. The third-order valence-corrected chi connectivity index (χ3v) is 9.28. The van der Waals surface area contributed by atoms with Crippen molar-refractivity contribution in [1.29, 1.82) is 0 Å². The molecule has 2 aromatic heterocycles. The van der Waals surface area contributed by atoms with Gasteiger partial charge in [-0.15, -0.1) is 11.3 Å². The minimum Gasteiger partial charge on any atom is -0.452 e. The number of esters is 1. The minimum atomic E-state index is -3.12. The van der Waals surface area contributed by atoms with Crippen LogP contribution >= 0.6 is 11.3 Å². The molecule has 3 heterocycles. The molecular formula is C26H26N2O5S2. The van der Waals surface area contributed by atoms with Crippen LogP contribution in [-0.4, -0.2) is 61.4 Å². The van der Waals surface area contributed by atoms with E-state index in [4.69, 9.17) is 9.72 Å². The molecule has 9 heteroatoms. The van der Waals surface area contributed by atoms with Crippen molar-refractivity contribution in [2.75, 3.05) is 25.2 Å². The number of ether oxygens (including phenoxy) is 1. The number of carbonyl (C=O) groups is 2. The molecule has 0 radical (unpaired) electrons. The molecule has 1 saturated heterocycles. The molecule has 7 nitrogen and oxygen atoms in total. The summed E-state index contributed by atoms with van der Waals surface area (Å²) in [6, 6.07) is 11.2. The number of sulfone groups is 1. The van der Waals surface area contributed by atoms with E-state index in [2.05, 4.69) is 12.1 Å². The monoisotopic (exact) mass is 510 g/mol. The highest BCUT2D eigenvalue weighted by Crippen LogP contribution is 2.36. The standard InChI is InChI=1S/C26H26N2O5S2/c1-28(18-11-13-35(31,32)16-18)23(29)15-33-26(30)24-20-8-2-3-10-22(20)27-25-17(6-4-9-21(24)25)14-19-7-5-12-34-19/h2-3,5,7-8,10,12,14,18H,4,6,9,11,13,15-16H2,1H3/b17-14+. The number of para-hydroxylation sites is 1. The summed E-state index contributed by atoms with van der Waals surface area (Å²) in [6.07, 6.45) is 5.00. The molecule has 1 atom stereocenters. The van der Waals surface area contributed by atoms with Crippen molar-refractivity contribution >= 4 is 55.6 Å². The summed E-state index contributed by atoms with van der Waals surface area (Å²) in [5.41, 5.74) is 3.92. The van der Waals surface area contributed by atoms with E-state index in [1.165, 1.54) is 4.90 Å². The van der Waals surface area contributed by atoms with Gasteiger partial charge >= 0.3 is 5.97 Å². The first kappa shape index (κ1) is 23.7. The molecular weight excluding hydrogens is 484 g/mol. The molecule has 0 saturated carbocycles. The highest BCUT2D eigenvalue weighted by molar-refractivity contribution is 7.91. The number of allylic oxidation sites excluding steroid dienone is 1. The third kappa shape index (κ3) is 4.88. The second-order valence-corrected chi connectivity index (χ2v) is 12.2. The predicted molar refractivity (Wildman–Crippen MR) is 137 cm³/mol. The zero-order valence-corrected chi connectivity index (χ0v) is 21.0. The summed E-state index contributed by atoms with van der Waals surface area (Å²) in [5.74, 6) is -0.944. The van der Waals surface area contributed by atoms with Gasteiger partial charge < -0.3 is 9.64 Å². The smallest absolute Gasteiger partial charge is 0.339 e. The Morgan fingerprint density at radius 1 is 1.20 bits per heavy atom. The number of thiophene rings is 1. The molecule has 5 rings (SSSR count). The van der Waals surface area contributed by atoms with Crippen LogP contribution in [0.25, 0.3) is 22.6 Å². The summed E-state index contributed by atoms with van der Waals surface area (Å²) < 4.78 is 29.1. The van der Waals surface area contributed by atoms with Crippen LogP contribution in [0, 0.1) is 0 Å². The Morgan fingerprint density at radius 3 is 2.77 bits per heavy atom. The zero-order valence-electron chi connectivity index (χ0n) is 19.4. The first-order valence-corrected chi connectivity index (χ1v) is 14.3. The largest absolute Gasteiger partial charge is 0.452 e. The number of amides is 1. The molecule has 1 unspecified atom stereocenters. The Balaban J connectivity index is 1.44. The molecule has 182 valence electrons. The van der Waals surface area contributed by atoms with E-state index in [1.54, 1.807) is 18.4 Å². The summed E-state index contributed by atoms with van der Waals surface area (Å²) >= 11 is 1.65. The number of rotatable bonds is 5. The summed E-state index contributed by atoms with van der Waals surface area (Å²) in [7, 11) is -1.56. The maximum Gasteiger partial charge on any atom is 0.339 e. The highest BCUT2D eigenvalue weighted by atomic mass is 32.2. The lowest BCUT2D eigenvalue weighted by molar-refractivity contribution is -0.134. The molecule has 1 aliphatic carbocycles. The normalized spacial score (nSPS) is 20.0. The van der Waals surface area contributed by atoms with E-state index in [-0.39, 0.29) is 17.5 Å². The summed E-state index contributed by atoms with van der Waals surface area (Å²) in [6.45, 7) is -0.435. The van der Waals surface area contributed by atoms with E-state index in [0.717, 1.165) is 34.5 Å². The Morgan fingerprint density at radius 2 is 2.03 bits per heavy atom. The molecule has 1 aliphatic heterocycles. The van der Waals surface area contributed by atoms with Gasteiger partial charge in [0.25, 0.3) is 5.91 Å². The van der Waals surface area contributed by atoms with Crippen molar-refractivity contribution in [1.82, 2.24) is 9.88 Å². The molecule has 35 heavy (non-hydrogen) atoms. The van der Waals surface area contributed by atoms with Gasteiger partial charge in [-0.25, -0.2) is 18.2 Å². The number of fused-ring (bicyclic) bond motifs is 2. The van der Waals surface area contributed by atoms with E-state index in [0.29, 0.717) is 29.3 Å². The van der Waals surface area contributed by atoms with Gasteiger partial charge in [0.1, 0.15) is 0 Å².